The van der Waals surface area contributed by atoms with Crippen LogP contribution in [0, 0.1) is 0 Å². The molecule has 0 N–H and O–H groups in total. The Balaban J connectivity index is 1.89. The van der Waals surface area contributed by atoms with E-state index in [-0.39, 0.29) is 10.1 Å². The van der Waals surface area contributed by atoms with Crippen LogP contribution in [0.1, 0.15) is 40.8 Å². The van der Waals surface area contributed by atoms with E-state index >= 15 is 0 Å². The molecule has 1 fully saturated rings. The summed E-state index contributed by atoms with van der Waals surface area (Å²) in [5.41, 5.74) is 3.46. The molecule has 1 saturated heterocycles. The van der Waals surface area contributed by atoms with Gasteiger partial charge in [-0.3, -0.25) is 0 Å². The van der Waals surface area contributed by atoms with Gasteiger partial charge >= 0.3 is 0 Å². The Kier molecular flexibility index (Phi) is 3.71. The first-order valence-electron chi connectivity index (χ1n) is 6.63. The Morgan fingerprint density at radius 1 is 1.21 bits per heavy atom. The van der Waals surface area contributed by atoms with Gasteiger partial charge in [-0.2, -0.15) is 0 Å². The van der Waals surface area contributed by atoms with Crippen molar-refractivity contribution in [2.75, 3.05) is 5.75 Å². The summed E-state index contributed by atoms with van der Waals surface area (Å²) in [6.07, 6.45) is 2.56. The Morgan fingerprint density at radius 2 is 2.00 bits per heavy atom. The van der Waals surface area contributed by atoms with Gasteiger partial charge in [0.15, 0.2) is 9.84 Å². The average molecular weight is 345 g/mol. The second kappa shape index (κ2) is 5.19. The lowest BCUT2D eigenvalue weighted by molar-refractivity contribution is 0.134. The van der Waals surface area contributed by atoms with Gasteiger partial charge in [0.1, 0.15) is 0 Å². The summed E-state index contributed by atoms with van der Waals surface area (Å²) in [7, 11) is -2.96. The number of hydrogen-bond acceptors (Lipinski definition) is 3. The summed E-state index contributed by atoms with van der Waals surface area (Å²) in [5.74, 6) is 0.327. The van der Waals surface area contributed by atoms with Crippen LogP contribution in [0.3, 0.4) is 0 Å². The van der Waals surface area contributed by atoms with Crippen LogP contribution in [0.4, 0.5) is 0 Å². The highest BCUT2D eigenvalue weighted by molar-refractivity contribution is 9.09. The van der Waals surface area contributed by atoms with Gasteiger partial charge in [0, 0.05) is 0 Å². The molecule has 1 aromatic carbocycles. The third-order valence-electron chi connectivity index (χ3n) is 4.02. The molecule has 5 heteroatoms. The van der Waals surface area contributed by atoms with Gasteiger partial charge in [-0.15, -0.1) is 0 Å². The van der Waals surface area contributed by atoms with E-state index in [0.29, 0.717) is 19.0 Å². The number of halogens is 1. The lowest BCUT2D eigenvalue weighted by Gasteiger charge is -2.27. The van der Waals surface area contributed by atoms with Gasteiger partial charge < -0.3 is 4.74 Å². The van der Waals surface area contributed by atoms with Crippen molar-refractivity contribution < 1.29 is 13.2 Å². The molecule has 0 saturated carbocycles. The van der Waals surface area contributed by atoms with E-state index in [0.717, 1.165) is 24.8 Å². The van der Waals surface area contributed by atoms with Crippen LogP contribution in [0.5, 0.6) is 0 Å². The van der Waals surface area contributed by atoms with Crippen LogP contribution in [0.15, 0.2) is 18.2 Å². The molecular formula is C14H17BrO3S. The second-order valence-electron chi connectivity index (χ2n) is 5.32. The van der Waals surface area contributed by atoms with Crippen LogP contribution in [0.2, 0.25) is 0 Å². The normalized spacial score (nSPS) is 26.9. The lowest BCUT2D eigenvalue weighted by Crippen LogP contribution is -2.31. The first-order valence-corrected chi connectivity index (χ1v) is 9.26. The van der Waals surface area contributed by atoms with Gasteiger partial charge in [-0.1, -0.05) is 40.5 Å². The van der Waals surface area contributed by atoms with E-state index in [1.54, 1.807) is 0 Å². The molecule has 2 atom stereocenters. The fraction of sp³-hybridized carbons (Fsp3) is 0.571. The zero-order valence-electron chi connectivity index (χ0n) is 10.6. The van der Waals surface area contributed by atoms with Crippen molar-refractivity contribution in [1.29, 1.82) is 0 Å². The monoisotopic (exact) mass is 344 g/mol. The highest BCUT2D eigenvalue weighted by Crippen LogP contribution is 2.38. The highest BCUT2D eigenvalue weighted by atomic mass is 79.9. The van der Waals surface area contributed by atoms with Crippen LogP contribution >= 0.6 is 15.9 Å². The number of hydrogen-bond donors (Lipinski definition) is 0. The number of ether oxygens (including phenoxy) is 1. The summed E-state index contributed by atoms with van der Waals surface area (Å²) >= 11 is 3.61. The molecule has 1 aromatic rings. The fourth-order valence-electron chi connectivity index (χ4n) is 2.89. The molecule has 0 bridgehead atoms. The zero-order valence-corrected chi connectivity index (χ0v) is 13.0. The van der Waals surface area contributed by atoms with Gasteiger partial charge in [-0.25, -0.2) is 8.42 Å². The van der Waals surface area contributed by atoms with Crippen molar-refractivity contribution in [3.63, 3.8) is 0 Å². The minimum Gasteiger partial charge on any atom is -0.372 e. The molecule has 0 radical (unpaired) electrons. The van der Waals surface area contributed by atoms with Crippen molar-refractivity contribution in [2.24, 2.45) is 0 Å². The smallest absolute Gasteiger partial charge is 0.154 e. The van der Waals surface area contributed by atoms with Crippen LogP contribution in [-0.4, -0.2) is 19.4 Å². The molecule has 3 rings (SSSR count). The summed E-state index contributed by atoms with van der Waals surface area (Å²) in [5, 5.41) is -0.290. The highest BCUT2D eigenvalue weighted by Gasteiger charge is 2.35. The van der Waals surface area contributed by atoms with E-state index in [4.69, 9.17) is 4.74 Å². The maximum absolute atomic E-state index is 12.2. The fourth-order valence-corrected chi connectivity index (χ4v) is 6.38. The maximum atomic E-state index is 12.2. The minimum atomic E-state index is -2.96. The molecule has 2 aliphatic heterocycles. The molecule has 0 amide bonds. The predicted molar refractivity (Wildman–Crippen MR) is 78.0 cm³/mol. The number of sulfone groups is 1. The SMILES string of the molecule is O=S1(=O)CCCCC1C(Br)c1ccc2c(c1)COC2. The van der Waals surface area contributed by atoms with Gasteiger partial charge in [-0.05, 0) is 29.5 Å². The maximum Gasteiger partial charge on any atom is 0.154 e. The Morgan fingerprint density at radius 3 is 2.79 bits per heavy atom. The minimum absolute atomic E-state index is 0.108. The van der Waals surface area contributed by atoms with E-state index in [1.165, 1.54) is 11.1 Å². The van der Waals surface area contributed by atoms with Crippen molar-refractivity contribution in [1.82, 2.24) is 0 Å². The molecule has 2 unspecified atom stereocenters. The van der Waals surface area contributed by atoms with Crippen molar-refractivity contribution in [2.45, 2.75) is 42.6 Å². The molecule has 19 heavy (non-hydrogen) atoms. The summed E-state index contributed by atoms with van der Waals surface area (Å²) in [6, 6.07) is 6.17. The quantitative estimate of drug-likeness (QED) is 0.774. The summed E-state index contributed by atoms with van der Waals surface area (Å²) in [6.45, 7) is 1.31. The number of benzene rings is 1. The molecule has 2 aliphatic rings. The van der Waals surface area contributed by atoms with Crippen LogP contribution in [0.25, 0.3) is 0 Å². The van der Waals surface area contributed by atoms with Crippen LogP contribution in [-0.2, 0) is 27.8 Å². The topological polar surface area (TPSA) is 43.4 Å². The largest absolute Gasteiger partial charge is 0.372 e. The van der Waals surface area contributed by atoms with Gasteiger partial charge in [0.25, 0.3) is 0 Å². The van der Waals surface area contributed by atoms with E-state index < -0.39 is 9.84 Å². The van der Waals surface area contributed by atoms with Crippen molar-refractivity contribution in [3.05, 3.63) is 34.9 Å². The first-order chi connectivity index (χ1) is 9.08. The molecule has 0 aromatic heterocycles. The molecule has 3 nitrogen and oxygen atoms in total. The Labute approximate surface area is 122 Å². The van der Waals surface area contributed by atoms with Gasteiger partial charge in [0.05, 0.1) is 29.0 Å². The van der Waals surface area contributed by atoms with Crippen molar-refractivity contribution in [3.8, 4) is 0 Å². The van der Waals surface area contributed by atoms with E-state index in [2.05, 4.69) is 28.1 Å². The number of rotatable bonds is 2. The third kappa shape index (κ3) is 2.60. The molecule has 0 spiro atoms. The summed E-state index contributed by atoms with van der Waals surface area (Å²) in [4.78, 5) is -0.108. The molecule has 104 valence electrons. The predicted octanol–water partition coefficient (Wildman–Crippen LogP) is 3.12. The van der Waals surface area contributed by atoms with Crippen LogP contribution < -0.4 is 0 Å². The number of fused-ring (bicyclic) bond motifs is 1. The standard InChI is InChI=1S/C14H17BrO3S/c15-14(13-3-1-2-6-19(13,16)17)10-4-5-11-8-18-9-12(11)7-10/h4-5,7,13-14H,1-3,6,8-9H2. The third-order valence-corrected chi connectivity index (χ3v) is 7.82. The zero-order chi connectivity index (χ0) is 13.5. The van der Waals surface area contributed by atoms with Gasteiger partial charge in [0.2, 0.25) is 0 Å². The number of alkyl halides is 1. The Bertz CT molecular complexity index is 582. The molecule has 2 heterocycles. The van der Waals surface area contributed by atoms with Crippen molar-refractivity contribution >= 4 is 25.8 Å². The Hall–Kier alpha value is -0.390. The molecular weight excluding hydrogens is 328 g/mol. The van der Waals surface area contributed by atoms with E-state index in [1.807, 2.05) is 6.07 Å². The first kappa shape index (κ1) is 13.6. The summed E-state index contributed by atoms with van der Waals surface area (Å²) < 4.78 is 29.8. The molecule has 0 aliphatic carbocycles. The average Bonchev–Trinajstić information content (AvgIpc) is 2.84. The second-order valence-corrected chi connectivity index (χ2v) is 8.65. The van der Waals surface area contributed by atoms with E-state index in [9.17, 15) is 8.42 Å². The lowest BCUT2D eigenvalue weighted by atomic mass is 10.0.